The van der Waals surface area contributed by atoms with Gasteiger partial charge in [-0.1, -0.05) is 35.4 Å². The van der Waals surface area contributed by atoms with E-state index in [0.29, 0.717) is 0 Å². The predicted octanol–water partition coefficient (Wildman–Crippen LogP) is 2.05. The van der Waals surface area contributed by atoms with Gasteiger partial charge in [-0.25, -0.2) is 4.21 Å². The zero-order valence-electron chi connectivity index (χ0n) is 15.2. The molecule has 1 N–H and O–H groups in total. The van der Waals surface area contributed by atoms with Gasteiger partial charge in [0.15, 0.2) is 5.25 Å². The third kappa shape index (κ3) is 4.55. The molecule has 2 atom stereocenters. The summed E-state index contributed by atoms with van der Waals surface area (Å²) in [6.07, 6.45) is 0. The number of aliphatic hydroxyl groups is 1. The predicted molar refractivity (Wildman–Crippen MR) is 101 cm³/mol. The first kappa shape index (κ1) is 21.1. The molecule has 27 heavy (non-hydrogen) atoms. The molecular weight excluding hydrogens is 390 g/mol. The van der Waals surface area contributed by atoms with E-state index in [1.54, 1.807) is 38.1 Å². The SMILES string of the molecule is COC(=O)C(CO)S(=O)(=NS(=O)(=O)c1ccc(C)cc1)c1ccc(C)cc1. The van der Waals surface area contributed by atoms with Gasteiger partial charge in [0.1, 0.15) is 9.73 Å². The molecule has 0 aromatic heterocycles. The average molecular weight is 412 g/mol. The van der Waals surface area contributed by atoms with E-state index < -0.39 is 37.6 Å². The van der Waals surface area contributed by atoms with Gasteiger partial charge in [-0.15, -0.1) is 3.77 Å². The lowest BCUT2D eigenvalue weighted by Crippen LogP contribution is -2.35. The fraction of sp³-hybridized carbons (Fsp3) is 0.278. The van der Waals surface area contributed by atoms with Crippen molar-refractivity contribution in [3.63, 3.8) is 0 Å². The lowest BCUT2D eigenvalue weighted by molar-refractivity contribution is -0.140. The Labute approximate surface area is 159 Å². The van der Waals surface area contributed by atoms with E-state index in [1.165, 1.54) is 24.3 Å². The highest BCUT2D eigenvalue weighted by atomic mass is 32.3. The molecule has 9 heteroatoms. The molecule has 7 nitrogen and oxygen atoms in total. The Morgan fingerprint density at radius 1 is 0.963 bits per heavy atom. The van der Waals surface area contributed by atoms with Crippen LogP contribution in [0.1, 0.15) is 11.1 Å². The van der Waals surface area contributed by atoms with E-state index >= 15 is 0 Å². The molecule has 2 aromatic rings. The fourth-order valence-corrected chi connectivity index (χ4v) is 6.49. The summed E-state index contributed by atoms with van der Waals surface area (Å²) in [7, 11) is -7.19. The zero-order valence-corrected chi connectivity index (χ0v) is 16.8. The van der Waals surface area contributed by atoms with Crippen LogP contribution in [-0.4, -0.2) is 42.7 Å². The van der Waals surface area contributed by atoms with Crippen LogP contribution in [0.5, 0.6) is 0 Å². The summed E-state index contributed by atoms with van der Waals surface area (Å²) in [5.74, 6) is -1.01. The van der Waals surface area contributed by atoms with Crippen LogP contribution in [0.4, 0.5) is 0 Å². The van der Waals surface area contributed by atoms with Gasteiger partial charge in [0, 0.05) is 4.90 Å². The number of carbonyl (C=O) groups excluding carboxylic acids is 1. The van der Waals surface area contributed by atoms with Gasteiger partial charge in [0.25, 0.3) is 10.0 Å². The number of hydrogen-bond donors (Lipinski definition) is 1. The third-order valence-corrected chi connectivity index (χ3v) is 8.50. The maximum atomic E-state index is 13.7. The normalized spacial score (nSPS) is 14.8. The number of benzene rings is 2. The minimum atomic E-state index is -4.36. The lowest BCUT2D eigenvalue weighted by Gasteiger charge is -2.18. The molecule has 0 spiro atoms. The topological polar surface area (TPSA) is 110 Å². The molecule has 0 aliphatic rings. The van der Waals surface area contributed by atoms with Crippen molar-refractivity contribution in [3.05, 3.63) is 59.7 Å². The van der Waals surface area contributed by atoms with Crippen LogP contribution in [0.3, 0.4) is 0 Å². The maximum absolute atomic E-state index is 13.7. The Bertz CT molecular complexity index is 1030. The molecule has 0 radical (unpaired) electrons. The van der Waals surface area contributed by atoms with Crippen molar-refractivity contribution in [1.82, 2.24) is 0 Å². The highest BCUT2D eigenvalue weighted by Gasteiger charge is 2.35. The van der Waals surface area contributed by atoms with Crippen LogP contribution < -0.4 is 0 Å². The Kier molecular flexibility index (Phi) is 6.40. The molecule has 0 amide bonds. The molecule has 0 saturated heterocycles. The number of rotatable bonds is 6. The van der Waals surface area contributed by atoms with Crippen LogP contribution in [0.2, 0.25) is 0 Å². The highest BCUT2D eigenvalue weighted by molar-refractivity contribution is 8.04. The van der Waals surface area contributed by atoms with Crippen molar-refractivity contribution in [2.45, 2.75) is 28.9 Å². The second-order valence-corrected chi connectivity index (χ2v) is 10.1. The number of esters is 1. The first-order valence-corrected chi connectivity index (χ1v) is 11.0. The zero-order chi connectivity index (χ0) is 20.2. The van der Waals surface area contributed by atoms with E-state index in [-0.39, 0.29) is 9.79 Å². The summed E-state index contributed by atoms with van der Waals surface area (Å²) in [6, 6.07) is 11.9. The highest BCUT2D eigenvalue weighted by Crippen LogP contribution is 2.25. The number of sulfonamides is 1. The summed E-state index contributed by atoms with van der Waals surface area (Å²) in [5, 5.41) is 8.00. The van der Waals surface area contributed by atoms with Gasteiger partial charge in [-0.3, -0.25) is 4.79 Å². The second kappa shape index (κ2) is 8.20. The van der Waals surface area contributed by atoms with Gasteiger partial charge >= 0.3 is 5.97 Å². The number of nitrogens with zero attached hydrogens (tertiary/aromatic N) is 1. The van der Waals surface area contributed by atoms with Crippen molar-refractivity contribution in [3.8, 4) is 0 Å². The number of aryl methyl sites for hydroxylation is 2. The van der Waals surface area contributed by atoms with Crippen LogP contribution in [0, 0.1) is 13.8 Å². The number of aliphatic hydroxyl groups excluding tert-OH is 1. The lowest BCUT2D eigenvalue weighted by atomic mass is 10.2. The molecule has 2 rings (SSSR count). The second-order valence-electron chi connectivity index (χ2n) is 5.94. The first-order chi connectivity index (χ1) is 12.6. The molecule has 0 aliphatic heterocycles. The molecule has 0 aliphatic carbocycles. The minimum Gasteiger partial charge on any atom is -0.468 e. The average Bonchev–Trinajstić information content (AvgIpc) is 2.62. The van der Waals surface area contributed by atoms with Crippen LogP contribution >= 0.6 is 0 Å². The van der Waals surface area contributed by atoms with Gasteiger partial charge in [-0.2, -0.15) is 8.42 Å². The summed E-state index contributed by atoms with van der Waals surface area (Å²) in [5.41, 5.74) is 1.69. The number of carbonyl (C=O) groups is 1. The van der Waals surface area contributed by atoms with Gasteiger partial charge in [0.05, 0.1) is 18.6 Å². The van der Waals surface area contributed by atoms with Gasteiger partial charge in [0.2, 0.25) is 0 Å². The standard InChI is InChI=1S/C18H21NO6S2/c1-13-4-8-15(9-5-13)26(22,17(12-20)18(21)25-3)19-27(23,24)16-10-6-14(2)7-11-16/h4-11,17,20H,12H2,1-3H3. The summed E-state index contributed by atoms with van der Waals surface area (Å²) in [4.78, 5) is 11.9. The monoisotopic (exact) mass is 411 g/mol. The third-order valence-electron chi connectivity index (χ3n) is 3.90. The summed E-state index contributed by atoms with van der Waals surface area (Å²) >= 11 is 0. The van der Waals surface area contributed by atoms with Crippen molar-refractivity contribution in [1.29, 1.82) is 0 Å². The van der Waals surface area contributed by atoms with Crippen molar-refractivity contribution in [2.75, 3.05) is 13.7 Å². The molecule has 0 bridgehead atoms. The Morgan fingerprint density at radius 3 is 1.81 bits per heavy atom. The van der Waals surface area contributed by atoms with E-state index in [4.69, 9.17) is 0 Å². The van der Waals surface area contributed by atoms with Crippen molar-refractivity contribution >= 4 is 25.7 Å². The summed E-state index contributed by atoms with van der Waals surface area (Å²) < 4.78 is 47.4. The Hall–Kier alpha value is -2.23. The molecule has 146 valence electrons. The maximum Gasteiger partial charge on any atom is 0.325 e. The van der Waals surface area contributed by atoms with E-state index in [1.807, 2.05) is 0 Å². The van der Waals surface area contributed by atoms with Crippen molar-refractivity contribution in [2.24, 2.45) is 3.77 Å². The first-order valence-electron chi connectivity index (χ1n) is 7.98. The molecule has 2 unspecified atom stereocenters. The smallest absolute Gasteiger partial charge is 0.325 e. The molecule has 0 heterocycles. The fourth-order valence-electron chi connectivity index (χ4n) is 2.33. The van der Waals surface area contributed by atoms with Crippen LogP contribution in [0.15, 0.2) is 62.1 Å². The molecule has 0 fully saturated rings. The largest absolute Gasteiger partial charge is 0.468 e. The number of ether oxygens (including phenoxy) is 1. The molecule has 2 aromatic carbocycles. The quantitative estimate of drug-likeness (QED) is 0.729. The van der Waals surface area contributed by atoms with Crippen LogP contribution in [-0.2, 0) is 29.3 Å². The number of methoxy groups -OCH3 is 1. The molecule has 0 saturated carbocycles. The molecular formula is C18H21NO6S2. The Morgan fingerprint density at radius 2 is 1.41 bits per heavy atom. The van der Waals surface area contributed by atoms with Crippen molar-refractivity contribution < 1.29 is 27.3 Å². The van der Waals surface area contributed by atoms with E-state index in [9.17, 15) is 22.5 Å². The van der Waals surface area contributed by atoms with Gasteiger partial charge < -0.3 is 9.84 Å². The summed E-state index contributed by atoms with van der Waals surface area (Å²) in [6.45, 7) is 2.71. The van der Waals surface area contributed by atoms with Gasteiger partial charge in [-0.05, 0) is 38.1 Å². The van der Waals surface area contributed by atoms with Crippen LogP contribution in [0.25, 0.3) is 0 Å². The van der Waals surface area contributed by atoms with E-state index in [2.05, 4.69) is 8.50 Å². The Balaban J connectivity index is 2.77. The minimum absolute atomic E-state index is 0.0215. The number of hydrogen-bond acceptors (Lipinski definition) is 6. The van der Waals surface area contributed by atoms with E-state index in [0.717, 1.165) is 18.2 Å².